The first-order chi connectivity index (χ1) is 13.1. The Morgan fingerprint density at radius 2 is 1.68 bits per heavy atom. The van der Waals surface area contributed by atoms with Crippen molar-refractivity contribution in [2.45, 2.75) is 83.3 Å². The maximum atomic E-state index is 13.0. The molecular weight excluding hydrogens is 352 g/mol. The summed E-state index contributed by atoms with van der Waals surface area (Å²) in [4.78, 5) is 26.8. The summed E-state index contributed by atoms with van der Waals surface area (Å²) in [6.07, 6.45) is 3.01. The Morgan fingerprint density at radius 1 is 1.11 bits per heavy atom. The Labute approximate surface area is 168 Å². The second-order valence-electron chi connectivity index (χ2n) is 9.58. The average molecular weight is 387 g/mol. The van der Waals surface area contributed by atoms with Crippen molar-refractivity contribution in [1.82, 2.24) is 10.2 Å². The summed E-state index contributed by atoms with van der Waals surface area (Å²) in [7, 11) is 0. The fourth-order valence-electron chi connectivity index (χ4n) is 3.87. The summed E-state index contributed by atoms with van der Waals surface area (Å²) in [6, 6.07) is 8.68. The molecule has 0 unspecified atom stereocenters. The van der Waals surface area contributed by atoms with E-state index in [9.17, 15) is 9.59 Å². The predicted octanol–water partition coefficient (Wildman–Crippen LogP) is 4.14. The minimum atomic E-state index is -0.357. The second kappa shape index (κ2) is 7.76. The van der Waals surface area contributed by atoms with Crippen LogP contribution in [0.4, 0.5) is 4.79 Å². The molecule has 1 N–H and O–H groups in total. The van der Waals surface area contributed by atoms with E-state index in [0.29, 0.717) is 13.1 Å². The van der Waals surface area contributed by atoms with Crippen LogP contribution >= 0.6 is 0 Å². The zero-order valence-corrected chi connectivity index (χ0v) is 17.9. The van der Waals surface area contributed by atoms with Crippen LogP contribution in [0.2, 0.25) is 0 Å². The SMILES string of the molecule is CC(C)OC(=O)N1CCC(NC(=O)C2(c3ccc(C(C)(C)C)cc3)CC2)CC1. The number of hydrogen-bond acceptors (Lipinski definition) is 3. The highest BCUT2D eigenvalue weighted by molar-refractivity contribution is 5.91. The molecule has 2 fully saturated rings. The lowest BCUT2D eigenvalue weighted by atomic mass is 9.84. The molecule has 0 radical (unpaired) electrons. The van der Waals surface area contributed by atoms with Gasteiger partial charge in [0.2, 0.25) is 5.91 Å². The van der Waals surface area contributed by atoms with Crippen LogP contribution < -0.4 is 5.32 Å². The van der Waals surface area contributed by atoms with Crippen molar-refractivity contribution in [3.63, 3.8) is 0 Å². The van der Waals surface area contributed by atoms with Gasteiger partial charge in [-0.1, -0.05) is 45.0 Å². The standard InChI is InChI=1S/C23H34N2O3/c1-16(2)28-21(27)25-14-10-19(11-15-25)24-20(26)23(12-13-23)18-8-6-17(7-9-18)22(3,4)5/h6-9,16,19H,10-15H2,1-5H3,(H,24,26). The highest BCUT2D eigenvalue weighted by Crippen LogP contribution is 2.48. The van der Waals surface area contributed by atoms with E-state index in [1.807, 2.05) is 13.8 Å². The number of nitrogens with zero attached hydrogens (tertiary/aromatic N) is 1. The van der Waals surface area contributed by atoms with E-state index in [1.54, 1.807) is 4.90 Å². The van der Waals surface area contributed by atoms with Gasteiger partial charge in [0.15, 0.2) is 0 Å². The summed E-state index contributed by atoms with van der Waals surface area (Å²) < 4.78 is 5.26. The summed E-state index contributed by atoms with van der Waals surface area (Å²) in [5.41, 5.74) is 2.16. The molecule has 2 aliphatic rings. The number of carbonyl (C=O) groups is 2. The van der Waals surface area contributed by atoms with Gasteiger partial charge in [-0.3, -0.25) is 4.79 Å². The Balaban J connectivity index is 1.56. The van der Waals surface area contributed by atoms with E-state index in [1.165, 1.54) is 5.56 Å². The van der Waals surface area contributed by atoms with Crippen molar-refractivity contribution < 1.29 is 14.3 Å². The number of rotatable bonds is 4. The number of carbonyl (C=O) groups excluding carboxylic acids is 2. The summed E-state index contributed by atoms with van der Waals surface area (Å²) in [5.74, 6) is 0.138. The smallest absolute Gasteiger partial charge is 0.410 e. The van der Waals surface area contributed by atoms with Crippen LogP contribution in [-0.4, -0.2) is 42.1 Å². The van der Waals surface area contributed by atoms with Crippen molar-refractivity contribution >= 4 is 12.0 Å². The first-order valence-electron chi connectivity index (χ1n) is 10.5. The molecule has 0 aromatic heterocycles. The van der Waals surface area contributed by atoms with Crippen molar-refractivity contribution in [3.05, 3.63) is 35.4 Å². The number of hydrogen-bond donors (Lipinski definition) is 1. The third-order valence-electron chi connectivity index (χ3n) is 5.91. The summed E-state index contributed by atoms with van der Waals surface area (Å²) in [5, 5.41) is 3.25. The molecule has 0 atom stereocenters. The van der Waals surface area contributed by atoms with Gasteiger partial charge in [-0.2, -0.15) is 0 Å². The second-order valence-corrected chi connectivity index (χ2v) is 9.58. The van der Waals surface area contributed by atoms with E-state index in [0.717, 1.165) is 31.2 Å². The zero-order chi connectivity index (χ0) is 20.5. The average Bonchev–Trinajstić information content (AvgIpc) is 3.43. The van der Waals surface area contributed by atoms with Crippen LogP contribution in [0.3, 0.4) is 0 Å². The zero-order valence-electron chi connectivity index (χ0n) is 17.9. The summed E-state index contributed by atoms with van der Waals surface area (Å²) in [6.45, 7) is 11.6. The van der Waals surface area contributed by atoms with E-state index >= 15 is 0 Å². The van der Waals surface area contributed by atoms with Crippen LogP contribution in [0.15, 0.2) is 24.3 Å². The van der Waals surface area contributed by atoms with Gasteiger partial charge in [-0.15, -0.1) is 0 Å². The fourth-order valence-corrected chi connectivity index (χ4v) is 3.87. The van der Waals surface area contributed by atoms with Crippen LogP contribution in [-0.2, 0) is 20.4 Å². The number of likely N-dealkylation sites (tertiary alicyclic amines) is 1. The number of benzene rings is 1. The molecule has 1 saturated heterocycles. The molecule has 0 bridgehead atoms. The Kier molecular flexibility index (Phi) is 5.74. The highest BCUT2D eigenvalue weighted by Gasteiger charge is 2.51. The quantitative estimate of drug-likeness (QED) is 0.846. The maximum Gasteiger partial charge on any atom is 0.410 e. The third kappa shape index (κ3) is 4.50. The predicted molar refractivity (Wildman–Crippen MR) is 110 cm³/mol. The normalized spacial score (nSPS) is 19.4. The van der Waals surface area contributed by atoms with Gasteiger partial charge < -0.3 is 15.0 Å². The monoisotopic (exact) mass is 386 g/mol. The molecule has 5 heteroatoms. The topological polar surface area (TPSA) is 58.6 Å². The van der Waals surface area contributed by atoms with Gasteiger partial charge >= 0.3 is 6.09 Å². The van der Waals surface area contributed by atoms with E-state index in [2.05, 4.69) is 50.4 Å². The first-order valence-corrected chi connectivity index (χ1v) is 10.5. The summed E-state index contributed by atoms with van der Waals surface area (Å²) >= 11 is 0. The molecular formula is C23H34N2O3. The van der Waals surface area contributed by atoms with Crippen molar-refractivity contribution in [3.8, 4) is 0 Å². The van der Waals surface area contributed by atoms with E-state index in [-0.39, 0.29) is 35.0 Å². The van der Waals surface area contributed by atoms with Crippen molar-refractivity contribution in [1.29, 1.82) is 0 Å². The highest BCUT2D eigenvalue weighted by atomic mass is 16.6. The van der Waals surface area contributed by atoms with E-state index < -0.39 is 0 Å². The number of amides is 2. The lowest BCUT2D eigenvalue weighted by Crippen LogP contribution is -2.49. The lowest BCUT2D eigenvalue weighted by Gasteiger charge is -2.33. The van der Waals surface area contributed by atoms with Gasteiger partial charge in [0, 0.05) is 19.1 Å². The van der Waals surface area contributed by atoms with Gasteiger partial charge in [-0.05, 0) is 56.1 Å². The Bertz CT molecular complexity index is 706. The van der Waals surface area contributed by atoms with Crippen molar-refractivity contribution in [2.75, 3.05) is 13.1 Å². The van der Waals surface area contributed by atoms with Crippen LogP contribution in [0, 0.1) is 0 Å². The van der Waals surface area contributed by atoms with Crippen LogP contribution in [0.1, 0.15) is 71.4 Å². The number of piperidine rings is 1. The molecule has 1 aliphatic carbocycles. The minimum absolute atomic E-state index is 0.107. The van der Waals surface area contributed by atoms with Crippen molar-refractivity contribution in [2.24, 2.45) is 0 Å². The molecule has 1 heterocycles. The molecule has 1 aliphatic heterocycles. The maximum absolute atomic E-state index is 13.0. The largest absolute Gasteiger partial charge is 0.447 e. The molecule has 28 heavy (non-hydrogen) atoms. The molecule has 0 spiro atoms. The molecule has 154 valence electrons. The van der Waals surface area contributed by atoms with Gasteiger partial charge in [0.25, 0.3) is 0 Å². The van der Waals surface area contributed by atoms with Gasteiger partial charge in [-0.25, -0.2) is 4.79 Å². The lowest BCUT2D eigenvalue weighted by molar-refractivity contribution is -0.124. The van der Waals surface area contributed by atoms with Crippen LogP contribution in [0.25, 0.3) is 0 Å². The minimum Gasteiger partial charge on any atom is -0.447 e. The number of ether oxygens (including phenoxy) is 1. The molecule has 1 aromatic rings. The number of nitrogens with one attached hydrogen (secondary N) is 1. The van der Waals surface area contributed by atoms with E-state index in [4.69, 9.17) is 4.74 Å². The third-order valence-corrected chi connectivity index (χ3v) is 5.91. The van der Waals surface area contributed by atoms with Crippen LogP contribution in [0.5, 0.6) is 0 Å². The molecule has 5 nitrogen and oxygen atoms in total. The van der Waals surface area contributed by atoms with Gasteiger partial charge in [0.1, 0.15) is 0 Å². The fraction of sp³-hybridized carbons (Fsp3) is 0.652. The molecule has 3 rings (SSSR count). The molecule has 1 saturated carbocycles. The molecule has 1 aromatic carbocycles. The van der Waals surface area contributed by atoms with Gasteiger partial charge in [0.05, 0.1) is 11.5 Å². The molecule has 2 amide bonds. The first kappa shape index (κ1) is 20.7. The Hall–Kier alpha value is -2.04. The Morgan fingerprint density at radius 3 is 2.14 bits per heavy atom.